The largest absolute Gasteiger partial charge is 0.462 e. The smallest absolute Gasteiger partial charge is 0.339 e. The van der Waals surface area contributed by atoms with Gasteiger partial charge in [0.05, 0.1) is 17.8 Å². The highest BCUT2D eigenvalue weighted by atomic mass is 16.5. The van der Waals surface area contributed by atoms with E-state index in [-0.39, 0.29) is 5.91 Å². The summed E-state index contributed by atoms with van der Waals surface area (Å²) in [6.07, 6.45) is 4.75. The number of amides is 1. The SMILES string of the molecule is C=C1NC=C(C(=O)OCCCC)C=C1C(=O)NC. The van der Waals surface area contributed by atoms with Crippen LogP contribution >= 0.6 is 0 Å². The maximum absolute atomic E-state index is 11.7. The van der Waals surface area contributed by atoms with E-state index in [1.165, 1.54) is 19.3 Å². The van der Waals surface area contributed by atoms with Crippen LogP contribution in [-0.2, 0) is 14.3 Å². The van der Waals surface area contributed by atoms with Gasteiger partial charge in [-0.25, -0.2) is 4.79 Å². The van der Waals surface area contributed by atoms with Crippen LogP contribution in [0.15, 0.2) is 35.7 Å². The lowest BCUT2D eigenvalue weighted by molar-refractivity contribution is -0.138. The monoisotopic (exact) mass is 250 g/mol. The van der Waals surface area contributed by atoms with Crippen molar-refractivity contribution >= 4 is 11.9 Å². The van der Waals surface area contributed by atoms with Gasteiger partial charge in [0.1, 0.15) is 0 Å². The summed E-state index contributed by atoms with van der Waals surface area (Å²) in [6, 6.07) is 0. The van der Waals surface area contributed by atoms with Gasteiger partial charge in [0.25, 0.3) is 5.91 Å². The second-order valence-electron chi connectivity index (χ2n) is 3.85. The Bertz CT molecular complexity index is 422. The predicted octanol–water partition coefficient (Wildman–Crippen LogP) is 1.00. The van der Waals surface area contributed by atoms with Crippen molar-refractivity contribution in [3.63, 3.8) is 0 Å². The van der Waals surface area contributed by atoms with E-state index in [9.17, 15) is 9.59 Å². The number of unbranched alkanes of at least 4 members (excludes halogenated alkanes) is 1. The second kappa shape index (κ2) is 6.64. The van der Waals surface area contributed by atoms with Crippen LogP contribution in [-0.4, -0.2) is 25.5 Å². The first-order valence-corrected chi connectivity index (χ1v) is 5.87. The molecule has 0 spiro atoms. The summed E-state index contributed by atoms with van der Waals surface area (Å²) in [5.41, 5.74) is 1.11. The molecule has 1 rings (SSSR count). The van der Waals surface area contributed by atoms with Gasteiger partial charge in [0.2, 0.25) is 0 Å². The van der Waals surface area contributed by atoms with Crippen LogP contribution in [0.1, 0.15) is 19.8 Å². The molecule has 0 aliphatic carbocycles. The first-order chi connectivity index (χ1) is 8.60. The van der Waals surface area contributed by atoms with Gasteiger partial charge < -0.3 is 15.4 Å². The van der Waals surface area contributed by atoms with Crippen molar-refractivity contribution in [3.05, 3.63) is 35.7 Å². The summed E-state index contributed by atoms with van der Waals surface area (Å²) in [5, 5.41) is 5.27. The summed E-state index contributed by atoms with van der Waals surface area (Å²) >= 11 is 0. The molecule has 0 saturated carbocycles. The van der Waals surface area contributed by atoms with Gasteiger partial charge in [-0.05, 0) is 12.5 Å². The number of carbonyl (C=O) groups excluding carboxylic acids is 2. The number of likely N-dealkylation sites (N-methyl/N-ethyl adjacent to an activating group) is 1. The average molecular weight is 250 g/mol. The van der Waals surface area contributed by atoms with E-state index in [2.05, 4.69) is 17.2 Å². The molecule has 2 N–H and O–H groups in total. The van der Waals surface area contributed by atoms with E-state index in [1.807, 2.05) is 6.92 Å². The second-order valence-corrected chi connectivity index (χ2v) is 3.85. The van der Waals surface area contributed by atoms with Gasteiger partial charge in [0, 0.05) is 18.9 Å². The Labute approximate surface area is 107 Å². The molecule has 0 unspecified atom stereocenters. The zero-order chi connectivity index (χ0) is 13.5. The Balaban J connectivity index is 2.73. The van der Waals surface area contributed by atoms with Crippen molar-refractivity contribution in [2.75, 3.05) is 13.7 Å². The maximum atomic E-state index is 11.7. The van der Waals surface area contributed by atoms with Crippen molar-refractivity contribution in [2.45, 2.75) is 19.8 Å². The highest BCUT2D eigenvalue weighted by molar-refractivity contribution is 6.02. The minimum Gasteiger partial charge on any atom is -0.462 e. The molecule has 18 heavy (non-hydrogen) atoms. The van der Waals surface area contributed by atoms with Crippen molar-refractivity contribution in [2.24, 2.45) is 0 Å². The normalized spacial score (nSPS) is 14.2. The number of dihydropyridines is 1. The third-order valence-electron chi connectivity index (χ3n) is 2.47. The van der Waals surface area contributed by atoms with Gasteiger partial charge in [-0.1, -0.05) is 19.9 Å². The van der Waals surface area contributed by atoms with E-state index in [0.717, 1.165) is 12.8 Å². The van der Waals surface area contributed by atoms with E-state index >= 15 is 0 Å². The van der Waals surface area contributed by atoms with E-state index < -0.39 is 5.97 Å². The summed E-state index contributed by atoms with van der Waals surface area (Å²) in [4.78, 5) is 23.2. The third kappa shape index (κ3) is 3.48. The van der Waals surface area contributed by atoms with Crippen LogP contribution < -0.4 is 10.6 Å². The van der Waals surface area contributed by atoms with Crippen LogP contribution in [0.5, 0.6) is 0 Å². The van der Waals surface area contributed by atoms with Gasteiger partial charge in [0.15, 0.2) is 0 Å². The summed E-state index contributed by atoms with van der Waals surface area (Å²) < 4.78 is 5.07. The highest BCUT2D eigenvalue weighted by Crippen LogP contribution is 2.15. The van der Waals surface area contributed by atoms with Crippen molar-refractivity contribution < 1.29 is 14.3 Å². The average Bonchev–Trinajstić information content (AvgIpc) is 2.38. The van der Waals surface area contributed by atoms with Crippen molar-refractivity contribution in [3.8, 4) is 0 Å². The number of hydrogen-bond acceptors (Lipinski definition) is 4. The Morgan fingerprint density at radius 2 is 2.22 bits per heavy atom. The zero-order valence-electron chi connectivity index (χ0n) is 10.7. The highest BCUT2D eigenvalue weighted by Gasteiger charge is 2.19. The Morgan fingerprint density at radius 1 is 1.50 bits per heavy atom. The number of esters is 1. The van der Waals surface area contributed by atoms with Crippen molar-refractivity contribution in [1.29, 1.82) is 0 Å². The van der Waals surface area contributed by atoms with Gasteiger partial charge >= 0.3 is 5.97 Å². The van der Waals surface area contributed by atoms with Crippen LogP contribution in [0.4, 0.5) is 0 Å². The van der Waals surface area contributed by atoms with Crippen LogP contribution in [0.3, 0.4) is 0 Å². The first kappa shape index (κ1) is 14.0. The molecule has 0 bridgehead atoms. The van der Waals surface area contributed by atoms with Crippen LogP contribution in [0.25, 0.3) is 0 Å². The fourth-order valence-corrected chi connectivity index (χ4v) is 1.37. The molecule has 1 aliphatic heterocycles. The molecule has 1 amide bonds. The fourth-order valence-electron chi connectivity index (χ4n) is 1.37. The molecule has 5 heteroatoms. The molecule has 0 atom stereocenters. The summed E-state index contributed by atoms with van der Waals surface area (Å²) in [5.74, 6) is -0.732. The quantitative estimate of drug-likeness (QED) is 0.564. The zero-order valence-corrected chi connectivity index (χ0v) is 10.7. The number of carbonyl (C=O) groups is 2. The maximum Gasteiger partial charge on any atom is 0.339 e. The summed E-state index contributed by atoms with van der Waals surface area (Å²) in [7, 11) is 1.52. The predicted molar refractivity (Wildman–Crippen MR) is 68.4 cm³/mol. The number of ether oxygens (including phenoxy) is 1. The Kier molecular flexibility index (Phi) is 5.17. The topological polar surface area (TPSA) is 67.4 Å². The Hall–Kier alpha value is -2.04. The van der Waals surface area contributed by atoms with Crippen LogP contribution in [0.2, 0.25) is 0 Å². The van der Waals surface area contributed by atoms with Gasteiger partial charge in [-0.15, -0.1) is 0 Å². The van der Waals surface area contributed by atoms with E-state index in [0.29, 0.717) is 23.5 Å². The molecule has 98 valence electrons. The minimum atomic E-state index is -0.440. The van der Waals surface area contributed by atoms with E-state index in [1.54, 1.807) is 0 Å². The molecular formula is C13H18N2O3. The molecule has 0 radical (unpaired) electrons. The standard InChI is InChI=1S/C13H18N2O3/c1-4-5-6-18-13(17)10-7-11(12(16)14-3)9(2)15-8-10/h7-8,15H,2,4-6H2,1,3H3,(H,14,16). The number of hydrogen-bond donors (Lipinski definition) is 2. The molecule has 0 aromatic carbocycles. The molecule has 0 fully saturated rings. The molecule has 1 aliphatic rings. The lowest BCUT2D eigenvalue weighted by Gasteiger charge is -2.16. The molecular weight excluding hydrogens is 232 g/mol. The van der Waals surface area contributed by atoms with Crippen molar-refractivity contribution in [1.82, 2.24) is 10.6 Å². The lowest BCUT2D eigenvalue weighted by Crippen LogP contribution is -2.27. The van der Waals surface area contributed by atoms with Gasteiger partial charge in [-0.2, -0.15) is 0 Å². The molecule has 1 heterocycles. The van der Waals surface area contributed by atoms with Gasteiger partial charge in [-0.3, -0.25) is 4.79 Å². The first-order valence-electron chi connectivity index (χ1n) is 5.87. The van der Waals surface area contributed by atoms with E-state index in [4.69, 9.17) is 4.74 Å². The molecule has 0 saturated heterocycles. The summed E-state index contributed by atoms with van der Waals surface area (Å²) in [6.45, 7) is 6.10. The number of nitrogens with one attached hydrogen (secondary N) is 2. The number of rotatable bonds is 5. The third-order valence-corrected chi connectivity index (χ3v) is 2.47. The molecule has 5 nitrogen and oxygen atoms in total. The minimum absolute atomic E-state index is 0.292. The molecule has 0 aromatic heterocycles. The van der Waals surface area contributed by atoms with Crippen LogP contribution in [0, 0.1) is 0 Å². The Morgan fingerprint density at radius 3 is 2.83 bits per heavy atom. The lowest BCUT2D eigenvalue weighted by atomic mass is 10.1. The molecule has 0 aromatic rings. The fraction of sp³-hybridized carbons (Fsp3) is 0.385.